The van der Waals surface area contributed by atoms with E-state index in [-0.39, 0.29) is 5.41 Å². The smallest absolute Gasteiger partial charge is 0.0250 e. The zero-order valence-corrected chi connectivity index (χ0v) is 10.7. The molecule has 0 unspecified atom stereocenters. The van der Waals surface area contributed by atoms with E-state index >= 15 is 0 Å². The number of benzene rings is 1. The highest BCUT2D eigenvalue weighted by atomic mass is 79.9. The van der Waals surface area contributed by atoms with Gasteiger partial charge in [-0.15, -0.1) is 0 Å². The van der Waals surface area contributed by atoms with E-state index in [2.05, 4.69) is 72.3 Å². The van der Waals surface area contributed by atoms with Gasteiger partial charge >= 0.3 is 0 Å². The van der Waals surface area contributed by atoms with Crippen molar-refractivity contribution in [3.8, 4) is 0 Å². The Balaban J connectivity index is 2.51. The minimum absolute atomic E-state index is 0.235. The second-order valence-electron chi connectivity index (χ2n) is 4.58. The lowest BCUT2D eigenvalue weighted by atomic mass is 9.75. The summed E-state index contributed by atoms with van der Waals surface area (Å²) >= 11 is 3.62. The van der Waals surface area contributed by atoms with Crippen LogP contribution in [0.15, 0.2) is 47.0 Å². The molecule has 15 heavy (non-hydrogen) atoms. The lowest BCUT2D eigenvalue weighted by Crippen LogP contribution is -2.15. The summed E-state index contributed by atoms with van der Waals surface area (Å²) in [4.78, 5) is 0. The molecule has 0 saturated heterocycles. The van der Waals surface area contributed by atoms with Crippen LogP contribution < -0.4 is 0 Å². The fourth-order valence-corrected chi connectivity index (χ4v) is 2.49. The van der Waals surface area contributed by atoms with E-state index in [1.54, 1.807) is 0 Å². The molecule has 0 heterocycles. The van der Waals surface area contributed by atoms with Crippen LogP contribution in [0.25, 0.3) is 5.57 Å². The van der Waals surface area contributed by atoms with Crippen molar-refractivity contribution in [3.63, 3.8) is 0 Å². The van der Waals surface area contributed by atoms with Crippen molar-refractivity contribution in [2.75, 3.05) is 0 Å². The van der Waals surface area contributed by atoms with E-state index in [1.807, 2.05) is 0 Å². The lowest BCUT2D eigenvalue weighted by molar-refractivity contribution is 0.505. The van der Waals surface area contributed by atoms with Gasteiger partial charge in [0, 0.05) is 4.47 Å². The predicted octanol–water partition coefficient (Wildman–Crippen LogP) is 4.82. The quantitative estimate of drug-likeness (QED) is 0.681. The van der Waals surface area contributed by atoms with Gasteiger partial charge in [-0.25, -0.2) is 0 Å². The van der Waals surface area contributed by atoms with Gasteiger partial charge in [-0.3, -0.25) is 0 Å². The highest BCUT2D eigenvalue weighted by molar-refractivity contribution is 9.10. The molecule has 0 fully saturated rings. The maximum atomic E-state index is 3.62. The third-order valence-corrected chi connectivity index (χ3v) is 3.61. The van der Waals surface area contributed by atoms with Gasteiger partial charge in [-0.1, -0.05) is 66.2 Å². The summed E-state index contributed by atoms with van der Waals surface area (Å²) in [6, 6.07) is 8.43. The average molecular weight is 263 g/mol. The molecular weight excluding hydrogens is 248 g/mol. The second-order valence-corrected chi connectivity index (χ2v) is 5.43. The Morgan fingerprint density at radius 1 is 1.20 bits per heavy atom. The molecular formula is C14H15Br. The highest BCUT2D eigenvalue weighted by Crippen LogP contribution is 2.42. The summed E-state index contributed by atoms with van der Waals surface area (Å²) in [5.41, 5.74) is 2.96. The first-order valence-electron chi connectivity index (χ1n) is 5.23. The summed E-state index contributed by atoms with van der Waals surface area (Å²) in [6.07, 6.45) is 7.73. The van der Waals surface area contributed by atoms with Crippen LogP contribution in [0.3, 0.4) is 0 Å². The first-order chi connectivity index (χ1) is 7.11. The van der Waals surface area contributed by atoms with Gasteiger partial charge in [0.05, 0.1) is 0 Å². The molecule has 1 aromatic rings. The van der Waals surface area contributed by atoms with Crippen molar-refractivity contribution in [2.24, 2.45) is 5.41 Å². The van der Waals surface area contributed by atoms with Crippen LogP contribution in [0.4, 0.5) is 0 Å². The van der Waals surface area contributed by atoms with Crippen molar-refractivity contribution in [2.45, 2.75) is 20.3 Å². The Bertz CT molecular complexity index is 425. The zero-order chi connectivity index (χ0) is 10.9. The molecule has 2 rings (SSSR count). The Hall–Kier alpha value is -0.820. The van der Waals surface area contributed by atoms with Crippen LogP contribution >= 0.6 is 15.9 Å². The normalized spacial score (nSPS) is 18.7. The van der Waals surface area contributed by atoms with Crippen molar-refractivity contribution in [3.05, 3.63) is 52.5 Å². The maximum absolute atomic E-state index is 3.62. The highest BCUT2D eigenvalue weighted by Gasteiger charge is 2.25. The standard InChI is InChI=1S/C14H15Br/c1-14(2)10-6-5-8-12(14)11-7-3-4-9-13(11)15/h3-9H,10H2,1-2H3. The van der Waals surface area contributed by atoms with Crippen molar-refractivity contribution >= 4 is 21.5 Å². The lowest BCUT2D eigenvalue weighted by Gasteiger charge is -2.30. The fraction of sp³-hybridized carbons (Fsp3) is 0.286. The molecule has 0 bridgehead atoms. The van der Waals surface area contributed by atoms with E-state index in [0.29, 0.717) is 0 Å². The molecule has 0 nitrogen and oxygen atoms in total. The fourth-order valence-electron chi connectivity index (χ4n) is 2.00. The number of allylic oxidation sites excluding steroid dienone is 4. The summed E-state index contributed by atoms with van der Waals surface area (Å²) < 4.78 is 1.18. The van der Waals surface area contributed by atoms with Gasteiger partial charge in [0.25, 0.3) is 0 Å². The molecule has 1 heteroatoms. The maximum Gasteiger partial charge on any atom is 0.0250 e. The molecule has 0 amide bonds. The first-order valence-corrected chi connectivity index (χ1v) is 6.03. The van der Waals surface area contributed by atoms with Gasteiger partial charge in [0.15, 0.2) is 0 Å². The minimum Gasteiger partial charge on any atom is -0.0837 e. The van der Waals surface area contributed by atoms with Crippen LogP contribution in [0.2, 0.25) is 0 Å². The Morgan fingerprint density at radius 3 is 2.60 bits per heavy atom. The topological polar surface area (TPSA) is 0 Å². The molecule has 78 valence electrons. The monoisotopic (exact) mass is 262 g/mol. The Morgan fingerprint density at radius 2 is 1.93 bits per heavy atom. The van der Waals surface area contributed by atoms with Gasteiger partial charge in [-0.05, 0) is 29.0 Å². The molecule has 0 atom stereocenters. The largest absolute Gasteiger partial charge is 0.0837 e. The molecule has 0 saturated carbocycles. The van der Waals surface area contributed by atoms with E-state index in [4.69, 9.17) is 0 Å². The zero-order valence-electron chi connectivity index (χ0n) is 9.13. The molecule has 0 aromatic heterocycles. The molecule has 0 spiro atoms. The van der Waals surface area contributed by atoms with E-state index < -0.39 is 0 Å². The van der Waals surface area contributed by atoms with Crippen molar-refractivity contribution in [1.29, 1.82) is 0 Å². The molecule has 0 radical (unpaired) electrons. The molecule has 0 aliphatic heterocycles. The first kappa shape index (κ1) is 10.7. The van der Waals surface area contributed by atoms with E-state index in [1.165, 1.54) is 15.6 Å². The SMILES string of the molecule is CC1(C)CC=CC=C1c1ccccc1Br. The Labute approximate surface area is 99.8 Å². The van der Waals surface area contributed by atoms with Crippen LogP contribution in [0.1, 0.15) is 25.8 Å². The second kappa shape index (κ2) is 3.97. The van der Waals surface area contributed by atoms with Crippen molar-refractivity contribution in [1.82, 2.24) is 0 Å². The van der Waals surface area contributed by atoms with Crippen LogP contribution in [0.5, 0.6) is 0 Å². The predicted molar refractivity (Wildman–Crippen MR) is 69.7 cm³/mol. The summed E-state index contributed by atoms with van der Waals surface area (Å²) in [7, 11) is 0. The Kier molecular flexibility index (Phi) is 2.83. The molecule has 1 aliphatic rings. The van der Waals surface area contributed by atoms with Crippen LogP contribution in [-0.4, -0.2) is 0 Å². The van der Waals surface area contributed by atoms with Crippen molar-refractivity contribution < 1.29 is 0 Å². The van der Waals surface area contributed by atoms with Gasteiger partial charge in [-0.2, -0.15) is 0 Å². The summed E-state index contributed by atoms with van der Waals surface area (Å²) in [5.74, 6) is 0. The third kappa shape index (κ3) is 2.07. The van der Waals surface area contributed by atoms with Crippen LogP contribution in [0, 0.1) is 5.41 Å². The molecule has 1 aromatic carbocycles. The summed E-state index contributed by atoms with van der Waals surface area (Å²) in [5, 5.41) is 0. The van der Waals surface area contributed by atoms with E-state index in [0.717, 1.165) is 6.42 Å². The van der Waals surface area contributed by atoms with Crippen LogP contribution in [-0.2, 0) is 0 Å². The van der Waals surface area contributed by atoms with Gasteiger partial charge < -0.3 is 0 Å². The molecule has 1 aliphatic carbocycles. The number of rotatable bonds is 1. The third-order valence-electron chi connectivity index (χ3n) is 2.92. The minimum atomic E-state index is 0.235. The van der Waals surface area contributed by atoms with Gasteiger partial charge in [0.1, 0.15) is 0 Å². The number of hydrogen-bond acceptors (Lipinski definition) is 0. The summed E-state index contributed by atoms with van der Waals surface area (Å²) in [6.45, 7) is 4.59. The molecule has 0 N–H and O–H groups in total. The van der Waals surface area contributed by atoms with E-state index in [9.17, 15) is 0 Å². The number of halogens is 1. The average Bonchev–Trinajstić information content (AvgIpc) is 2.19. The number of hydrogen-bond donors (Lipinski definition) is 0. The van der Waals surface area contributed by atoms with Gasteiger partial charge in [0.2, 0.25) is 0 Å².